The van der Waals surface area contributed by atoms with Crippen LogP contribution in [0.3, 0.4) is 0 Å². The van der Waals surface area contributed by atoms with Gasteiger partial charge in [-0.1, -0.05) is 17.7 Å². The molecule has 0 spiro atoms. The van der Waals surface area contributed by atoms with Gasteiger partial charge in [-0.15, -0.1) is 0 Å². The Morgan fingerprint density at radius 1 is 1.22 bits per heavy atom. The number of guanidine groups is 1. The van der Waals surface area contributed by atoms with Crippen molar-refractivity contribution in [3.8, 4) is 5.75 Å². The highest BCUT2D eigenvalue weighted by molar-refractivity contribution is 5.79. The molecule has 0 aliphatic carbocycles. The zero-order valence-corrected chi connectivity index (χ0v) is 17.1. The van der Waals surface area contributed by atoms with Crippen molar-refractivity contribution in [1.29, 1.82) is 0 Å². The monoisotopic (exact) mass is 371 g/mol. The zero-order valence-electron chi connectivity index (χ0n) is 17.1. The summed E-state index contributed by atoms with van der Waals surface area (Å²) >= 11 is 0. The molecule has 0 bridgehead atoms. The summed E-state index contributed by atoms with van der Waals surface area (Å²) in [4.78, 5) is 11.1. The van der Waals surface area contributed by atoms with Crippen LogP contribution in [0.4, 0.5) is 0 Å². The van der Waals surface area contributed by atoms with Crippen molar-refractivity contribution in [2.24, 2.45) is 4.99 Å². The van der Waals surface area contributed by atoms with Crippen LogP contribution in [-0.2, 0) is 6.54 Å². The van der Waals surface area contributed by atoms with Crippen molar-refractivity contribution in [1.82, 2.24) is 19.8 Å². The molecule has 0 aliphatic heterocycles. The van der Waals surface area contributed by atoms with Crippen LogP contribution in [0.15, 0.2) is 41.7 Å². The summed E-state index contributed by atoms with van der Waals surface area (Å²) in [5.74, 6) is 2.91. The summed E-state index contributed by atoms with van der Waals surface area (Å²) in [6.45, 7) is 10.3. The summed E-state index contributed by atoms with van der Waals surface area (Å²) in [5.41, 5.74) is 1.24. The maximum absolute atomic E-state index is 5.82. The maximum Gasteiger partial charge on any atom is 0.193 e. The van der Waals surface area contributed by atoms with Crippen LogP contribution in [0.2, 0.25) is 0 Å². The van der Waals surface area contributed by atoms with Gasteiger partial charge in [0.2, 0.25) is 0 Å². The lowest BCUT2D eigenvalue weighted by atomic mass is 10.2. The molecular weight excluding hydrogens is 338 g/mol. The molecule has 0 atom stereocenters. The molecule has 6 nitrogen and oxygen atoms in total. The summed E-state index contributed by atoms with van der Waals surface area (Å²) < 4.78 is 8.01. The largest absolute Gasteiger partial charge is 0.492 e. The molecule has 0 aliphatic rings. The van der Waals surface area contributed by atoms with Gasteiger partial charge < -0.3 is 19.5 Å². The van der Waals surface area contributed by atoms with Crippen molar-refractivity contribution < 1.29 is 4.74 Å². The molecular formula is C21H33N5O. The highest BCUT2D eigenvalue weighted by atomic mass is 16.5. The minimum atomic E-state index is 0.629. The molecule has 0 fully saturated rings. The normalized spacial score (nSPS) is 11.5. The molecule has 27 heavy (non-hydrogen) atoms. The minimum Gasteiger partial charge on any atom is -0.492 e. The third-order valence-electron chi connectivity index (χ3n) is 4.41. The SMILES string of the molecule is CCNC(=NCCCCn1ccnc1C)N(C)CCOc1ccc(C)cc1. The number of rotatable bonds is 10. The zero-order chi connectivity index (χ0) is 19.5. The summed E-state index contributed by atoms with van der Waals surface area (Å²) in [5, 5.41) is 3.36. The molecule has 0 radical (unpaired) electrons. The van der Waals surface area contributed by atoms with Crippen molar-refractivity contribution in [2.75, 3.05) is 33.3 Å². The molecule has 1 aromatic carbocycles. The molecule has 148 valence electrons. The fourth-order valence-electron chi connectivity index (χ4n) is 2.73. The quantitative estimate of drug-likeness (QED) is 0.396. The van der Waals surface area contributed by atoms with Crippen molar-refractivity contribution >= 4 is 5.96 Å². The van der Waals surface area contributed by atoms with Crippen LogP contribution < -0.4 is 10.1 Å². The van der Waals surface area contributed by atoms with E-state index in [1.807, 2.05) is 31.5 Å². The number of aromatic nitrogens is 2. The van der Waals surface area contributed by atoms with Crippen LogP contribution in [0.1, 0.15) is 31.2 Å². The lowest BCUT2D eigenvalue weighted by Crippen LogP contribution is -2.41. The van der Waals surface area contributed by atoms with E-state index in [0.29, 0.717) is 6.61 Å². The number of aliphatic imine (C=N–C) groups is 1. The van der Waals surface area contributed by atoms with E-state index in [-0.39, 0.29) is 0 Å². The Bertz CT molecular complexity index is 693. The average Bonchev–Trinajstić information content (AvgIpc) is 3.07. The van der Waals surface area contributed by atoms with Gasteiger partial charge >= 0.3 is 0 Å². The Labute approximate surface area is 163 Å². The maximum atomic E-state index is 5.82. The van der Waals surface area contributed by atoms with Gasteiger partial charge in [0.25, 0.3) is 0 Å². The first-order valence-electron chi connectivity index (χ1n) is 9.76. The standard InChI is InChI=1S/C21H33N5O/c1-5-22-21(24-12-6-7-14-26-15-13-23-19(26)3)25(4)16-17-27-20-10-8-18(2)9-11-20/h8-11,13,15H,5-7,12,14,16-17H2,1-4H3,(H,22,24). The van der Waals surface area contributed by atoms with Crippen LogP contribution in [0.5, 0.6) is 5.75 Å². The summed E-state index contributed by atoms with van der Waals surface area (Å²) in [6.07, 6.45) is 6.04. The van der Waals surface area contributed by atoms with E-state index < -0.39 is 0 Å². The van der Waals surface area contributed by atoms with Gasteiger partial charge in [-0.25, -0.2) is 4.98 Å². The van der Waals surface area contributed by atoms with Crippen molar-refractivity contribution in [2.45, 2.75) is 40.2 Å². The Morgan fingerprint density at radius 2 is 2.00 bits per heavy atom. The molecule has 0 saturated heterocycles. The molecule has 0 amide bonds. The summed E-state index contributed by atoms with van der Waals surface area (Å²) in [7, 11) is 2.05. The lowest BCUT2D eigenvalue weighted by molar-refractivity contribution is 0.281. The Hall–Kier alpha value is -2.50. The third-order valence-corrected chi connectivity index (χ3v) is 4.41. The lowest BCUT2D eigenvalue weighted by Gasteiger charge is -2.22. The number of ether oxygens (including phenoxy) is 1. The van der Waals surface area contributed by atoms with E-state index in [1.54, 1.807) is 0 Å². The Balaban J connectivity index is 1.72. The second kappa shape index (κ2) is 11.3. The van der Waals surface area contributed by atoms with Gasteiger partial charge in [0.1, 0.15) is 18.2 Å². The number of hydrogen-bond donors (Lipinski definition) is 1. The predicted molar refractivity (Wildman–Crippen MR) is 111 cm³/mol. The second-order valence-corrected chi connectivity index (χ2v) is 6.69. The molecule has 1 heterocycles. The molecule has 0 unspecified atom stereocenters. The first-order valence-corrected chi connectivity index (χ1v) is 9.76. The van der Waals surface area contributed by atoms with Gasteiger partial charge in [-0.05, 0) is 45.7 Å². The molecule has 2 rings (SSSR count). The molecule has 6 heteroatoms. The van der Waals surface area contributed by atoms with E-state index in [1.165, 1.54) is 5.56 Å². The number of imidazole rings is 1. The molecule has 1 N–H and O–H groups in total. The first-order chi connectivity index (χ1) is 13.1. The van der Waals surface area contributed by atoms with Crippen LogP contribution in [0, 0.1) is 13.8 Å². The minimum absolute atomic E-state index is 0.629. The predicted octanol–water partition coefficient (Wildman–Crippen LogP) is 3.26. The first kappa shape index (κ1) is 20.8. The number of hydrogen-bond acceptors (Lipinski definition) is 3. The van der Waals surface area contributed by atoms with E-state index in [0.717, 1.165) is 56.6 Å². The Kier molecular flexibility index (Phi) is 8.68. The highest BCUT2D eigenvalue weighted by Gasteiger charge is 2.05. The van der Waals surface area contributed by atoms with Gasteiger partial charge in [0.05, 0.1) is 6.54 Å². The highest BCUT2D eigenvalue weighted by Crippen LogP contribution is 2.11. The Morgan fingerprint density at radius 3 is 2.67 bits per heavy atom. The van der Waals surface area contributed by atoms with Crippen LogP contribution in [0.25, 0.3) is 0 Å². The van der Waals surface area contributed by atoms with Gasteiger partial charge in [0.15, 0.2) is 5.96 Å². The fraction of sp³-hybridized carbons (Fsp3) is 0.524. The third kappa shape index (κ3) is 7.33. The molecule has 2 aromatic rings. The number of aryl methyl sites for hydroxylation is 3. The van der Waals surface area contributed by atoms with E-state index in [9.17, 15) is 0 Å². The smallest absolute Gasteiger partial charge is 0.193 e. The number of benzene rings is 1. The molecule has 1 aromatic heterocycles. The van der Waals surface area contributed by atoms with Gasteiger partial charge in [0, 0.05) is 39.1 Å². The number of unbranched alkanes of at least 4 members (excludes halogenated alkanes) is 1. The van der Waals surface area contributed by atoms with Crippen molar-refractivity contribution in [3.05, 3.63) is 48.0 Å². The van der Waals surface area contributed by atoms with Crippen LogP contribution >= 0.6 is 0 Å². The number of nitrogens with zero attached hydrogens (tertiary/aromatic N) is 4. The topological polar surface area (TPSA) is 54.7 Å². The average molecular weight is 372 g/mol. The van der Waals surface area contributed by atoms with Gasteiger partial charge in [-0.2, -0.15) is 0 Å². The number of nitrogens with one attached hydrogen (secondary N) is 1. The second-order valence-electron chi connectivity index (χ2n) is 6.69. The van der Waals surface area contributed by atoms with Gasteiger partial charge in [-0.3, -0.25) is 4.99 Å². The van der Waals surface area contributed by atoms with E-state index in [2.05, 4.69) is 52.8 Å². The van der Waals surface area contributed by atoms with E-state index >= 15 is 0 Å². The van der Waals surface area contributed by atoms with E-state index in [4.69, 9.17) is 9.73 Å². The molecule has 0 saturated carbocycles. The van der Waals surface area contributed by atoms with Crippen LogP contribution in [-0.4, -0.2) is 53.7 Å². The summed E-state index contributed by atoms with van der Waals surface area (Å²) in [6, 6.07) is 8.15. The fourth-order valence-corrected chi connectivity index (χ4v) is 2.73. The van der Waals surface area contributed by atoms with Crippen molar-refractivity contribution in [3.63, 3.8) is 0 Å². The number of likely N-dealkylation sites (N-methyl/N-ethyl adjacent to an activating group) is 1.